The Morgan fingerprint density at radius 1 is 1.32 bits per heavy atom. The maximum Gasteiger partial charge on any atom is 0.326 e. The summed E-state index contributed by atoms with van der Waals surface area (Å²) in [5.41, 5.74) is 6.41. The minimum atomic E-state index is -1.19. The predicted molar refractivity (Wildman–Crippen MR) is 95.1 cm³/mol. The highest BCUT2D eigenvalue weighted by molar-refractivity contribution is 7.80. The van der Waals surface area contributed by atoms with E-state index >= 15 is 0 Å². The lowest BCUT2D eigenvalue weighted by atomic mass is 9.99. The minimum Gasteiger partial charge on any atom is -0.480 e. The molecule has 1 aromatic heterocycles. The maximum atomic E-state index is 12.3. The summed E-state index contributed by atoms with van der Waals surface area (Å²) in [4.78, 5) is 42.4. The molecular formula is C15H25N5O4S. The molecule has 1 heterocycles. The van der Waals surface area contributed by atoms with Crippen LogP contribution in [-0.2, 0) is 20.8 Å². The second kappa shape index (κ2) is 10.0. The molecule has 4 unspecified atom stereocenters. The number of carboxylic acid groups (broad SMARTS) is 1. The number of hydrogen-bond acceptors (Lipinski definition) is 6. The topological polar surface area (TPSA) is 150 Å². The summed E-state index contributed by atoms with van der Waals surface area (Å²) in [6.45, 7) is 3.75. The SMILES string of the molecule is CCC(C)C(N)C(=O)NC(CS)C(=O)NC(Cc1cnc[nH]1)C(=O)O. The van der Waals surface area contributed by atoms with Gasteiger partial charge in [0.15, 0.2) is 0 Å². The first kappa shape index (κ1) is 21.0. The van der Waals surface area contributed by atoms with Gasteiger partial charge in [0, 0.05) is 24.1 Å². The number of aromatic amines is 1. The van der Waals surface area contributed by atoms with Crippen molar-refractivity contribution in [2.24, 2.45) is 11.7 Å². The summed E-state index contributed by atoms with van der Waals surface area (Å²) in [5.74, 6) is -2.32. The molecule has 0 spiro atoms. The van der Waals surface area contributed by atoms with Crippen LogP contribution in [0.15, 0.2) is 12.5 Å². The van der Waals surface area contributed by atoms with Crippen molar-refractivity contribution < 1.29 is 19.5 Å². The van der Waals surface area contributed by atoms with Crippen molar-refractivity contribution in [3.05, 3.63) is 18.2 Å². The number of carbonyl (C=O) groups excluding carboxylic acids is 2. The normalized spacial score (nSPS) is 15.7. The molecule has 9 nitrogen and oxygen atoms in total. The molecule has 2 amide bonds. The molecule has 6 N–H and O–H groups in total. The molecule has 10 heteroatoms. The van der Waals surface area contributed by atoms with E-state index in [-0.39, 0.29) is 18.1 Å². The number of thiol groups is 1. The lowest BCUT2D eigenvalue weighted by Crippen LogP contribution is -2.56. The highest BCUT2D eigenvalue weighted by Crippen LogP contribution is 2.06. The van der Waals surface area contributed by atoms with Crippen LogP contribution in [0.3, 0.4) is 0 Å². The third kappa shape index (κ3) is 6.39. The fourth-order valence-electron chi connectivity index (χ4n) is 2.06. The van der Waals surface area contributed by atoms with Crippen LogP contribution in [0.4, 0.5) is 0 Å². The molecule has 1 aromatic rings. The van der Waals surface area contributed by atoms with E-state index in [0.29, 0.717) is 5.69 Å². The quantitative estimate of drug-likeness (QED) is 0.300. The first-order chi connectivity index (χ1) is 11.8. The summed E-state index contributed by atoms with van der Waals surface area (Å²) in [5, 5.41) is 14.2. The van der Waals surface area contributed by atoms with Crippen molar-refractivity contribution in [2.45, 2.75) is 44.8 Å². The van der Waals surface area contributed by atoms with E-state index in [1.54, 1.807) is 0 Å². The molecular weight excluding hydrogens is 346 g/mol. The van der Waals surface area contributed by atoms with Gasteiger partial charge in [0.2, 0.25) is 11.8 Å². The number of nitrogens with two attached hydrogens (primary N) is 1. The van der Waals surface area contributed by atoms with Crippen molar-refractivity contribution in [1.29, 1.82) is 0 Å². The Hall–Kier alpha value is -2.07. The van der Waals surface area contributed by atoms with Gasteiger partial charge < -0.3 is 26.5 Å². The minimum absolute atomic E-state index is 0.0151. The van der Waals surface area contributed by atoms with Crippen LogP contribution >= 0.6 is 12.6 Å². The fourth-order valence-corrected chi connectivity index (χ4v) is 2.32. The van der Waals surface area contributed by atoms with Gasteiger partial charge in [-0.15, -0.1) is 0 Å². The second-order valence-electron chi connectivity index (χ2n) is 5.84. The van der Waals surface area contributed by atoms with Crippen molar-refractivity contribution in [3.8, 4) is 0 Å². The number of rotatable bonds is 10. The number of hydrogen-bond donors (Lipinski definition) is 6. The summed E-state index contributed by atoms with van der Waals surface area (Å²) in [6, 6.07) is -2.88. The summed E-state index contributed by atoms with van der Waals surface area (Å²) in [6.07, 6.45) is 3.66. The molecule has 0 aliphatic rings. The number of amides is 2. The largest absolute Gasteiger partial charge is 0.480 e. The van der Waals surface area contributed by atoms with Crippen molar-refractivity contribution in [2.75, 3.05) is 5.75 Å². The zero-order chi connectivity index (χ0) is 19.0. The number of aliphatic carboxylic acids is 1. The van der Waals surface area contributed by atoms with Crippen LogP contribution in [0.1, 0.15) is 26.0 Å². The number of carbonyl (C=O) groups is 3. The van der Waals surface area contributed by atoms with Gasteiger partial charge in [0.05, 0.1) is 12.4 Å². The maximum absolute atomic E-state index is 12.3. The first-order valence-corrected chi connectivity index (χ1v) is 8.60. The molecule has 0 saturated heterocycles. The van der Waals surface area contributed by atoms with Crippen molar-refractivity contribution >= 4 is 30.4 Å². The van der Waals surface area contributed by atoms with Gasteiger partial charge in [0.1, 0.15) is 12.1 Å². The van der Waals surface area contributed by atoms with Gasteiger partial charge in [-0.3, -0.25) is 9.59 Å². The number of imidazole rings is 1. The predicted octanol–water partition coefficient (Wildman–Crippen LogP) is -0.690. The molecule has 1 rings (SSSR count). The molecule has 0 aliphatic heterocycles. The van der Waals surface area contributed by atoms with Crippen LogP contribution in [0.5, 0.6) is 0 Å². The highest BCUT2D eigenvalue weighted by Gasteiger charge is 2.28. The van der Waals surface area contributed by atoms with Crippen molar-refractivity contribution in [3.63, 3.8) is 0 Å². The Labute approximate surface area is 151 Å². The lowest BCUT2D eigenvalue weighted by Gasteiger charge is -2.23. The number of H-pyrrole nitrogens is 1. The smallest absolute Gasteiger partial charge is 0.326 e. The summed E-state index contributed by atoms with van der Waals surface area (Å²) in [7, 11) is 0. The first-order valence-electron chi connectivity index (χ1n) is 7.97. The van der Waals surface area contributed by atoms with Crippen molar-refractivity contribution in [1.82, 2.24) is 20.6 Å². The van der Waals surface area contributed by atoms with Crippen LogP contribution in [0, 0.1) is 5.92 Å². The molecule has 0 fully saturated rings. The molecule has 25 heavy (non-hydrogen) atoms. The summed E-state index contributed by atoms with van der Waals surface area (Å²) < 4.78 is 0. The number of nitrogens with one attached hydrogen (secondary N) is 3. The van der Waals surface area contributed by atoms with E-state index in [2.05, 4.69) is 33.2 Å². The van der Waals surface area contributed by atoms with E-state index in [1.807, 2.05) is 13.8 Å². The van der Waals surface area contributed by atoms with Crippen LogP contribution in [0.2, 0.25) is 0 Å². The van der Waals surface area contributed by atoms with Crippen LogP contribution in [-0.4, -0.2) is 56.7 Å². The van der Waals surface area contributed by atoms with E-state index < -0.39 is 35.9 Å². The van der Waals surface area contributed by atoms with E-state index in [1.165, 1.54) is 12.5 Å². The van der Waals surface area contributed by atoms with Crippen LogP contribution in [0.25, 0.3) is 0 Å². The highest BCUT2D eigenvalue weighted by atomic mass is 32.1. The number of carboxylic acids is 1. The Kier molecular flexibility index (Phi) is 8.42. The van der Waals surface area contributed by atoms with E-state index in [4.69, 9.17) is 5.73 Å². The van der Waals surface area contributed by atoms with Gasteiger partial charge in [-0.25, -0.2) is 9.78 Å². The van der Waals surface area contributed by atoms with Gasteiger partial charge in [0.25, 0.3) is 0 Å². The number of aromatic nitrogens is 2. The van der Waals surface area contributed by atoms with Gasteiger partial charge in [-0.05, 0) is 5.92 Å². The molecule has 4 atom stereocenters. The third-order valence-corrected chi connectivity index (χ3v) is 4.33. The van der Waals surface area contributed by atoms with Gasteiger partial charge in [-0.2, -0.15) is 12.6 Å². The summed E-state index contributed by atoms with van der Waals surface area (Å²) >= 11 is 4.06. The zero-order valence-corrected chi connectivity index (χ0v) is 15.1. The molecule has 0 aromatic carbocycles. The molecule has 0 saturated carbocycles. The standard InChI is InChI=1S/C15H25N5O4S/c1-3-8(2)12(16)14(22)20-11(6-25)13(21)19-10(15(23)24)4-9-5-17-7-18-9/h5,7-8,10-12,25H,3-4,6,16H2,1-2H3,(H,17,18)(H,19,21)(H,20,22)(H,23,24). The molecule has 140 valence electrons. The number of nitrogens with zero attached hydrogens (tertiary/aromatic N) is 1. The van der Waals surface area contributed by atoms with Crippen LogP contribution < -0.4 is 16.4 Å². The lowest BCUT2D eigenvalue weighted by molar-refractivity contribution is -0.142. The molecule has 0 radical (unpaired) electrons. The average Bonchev–Trinajstić information content (AvgIpc) is 3.10. The molecule has 0 bridgehead atoms. The van der Waals surface area contributed by atoms with Gasteiger partial charge >= 0.3 is 5.97 Å². The Morgan fingerprint density at radius 2 is 1.96 bits per heavy atom. The average molecular weight is 371 g/mol. The second-order valence-corrected chi connectivity index (χ2v) is 6.20. The van der Waals surface area contributed by atoms with E-state index in [0.717, 1.165) is 6.42 Å². The Bertz CT molecular complexity index is 580. The monoisotopic (exact) mass is 371 g/mol. The Balaban J connectivity index is 2.69. The molecule has 0 aliphatic carbocycles. The third-order valence-electron chi connectivity index (χ3n) is 3.97. The Morgan fingerprint density at radius 3 is 2.44 bits per heavy atom. The van der Waals surface area contributed by atoms with Gasteiger partial charge in [-0.1, -0.05) is 20.3 Å². The fraction of sp³-hybridized carbons (Fsp3) is 0.600. The zero-order valence-electron chi connectivity index (χ0n) is 14.2. The van der Waals surface area contributed by atoms with E-state index in [9.17, 15) is 19.5 Å².